The first-order valence-electron chi connectivity index (χ1n) is 9.11. The lowest BCUT2D eigenvalue weighted by Gasteiger charge is -2.31. The third-order valence-corrected chi connectivity index (χ3v) is 5.75. The minimum absolute atomic E-state index is 0.0794. The molecule has 5 nitrogen and oxygen atoms in total. The Morgan fingerprint density at radius 3 is 2.37 bits per heavy atom. The lowest BCUT2D eigenvalue weighted by Crippen LogP contribution is -2.45. The summed E-state index contributed by atoms with van der Waals surface area (Å²) in [4.78, 5) is 28.5. The van der Waals surface area contributed by atoms with Crippen molar-refractivity contribution in [1.82, 2.24) is 15.1 Å². The van der Waals surface area contributed by atoms with Gasteiger partial charge in [-0.1, -0.05) is 19.3 Å². The molecule has 0 bridgehead atoms. The summed E-state index contributed by atoms with van der Waals surface area (Å²) < 4.78 is 41.4. The molecule has 1 atom stereocenters. The van der Waals surface area contributed by atoms with Crippen molar-refractivity contribution in [3.8, 4) is 0 Å². The standard InChI is InChI=1S/C19H20F3N3O2/c1-24-15-9-25(10-5-3-2-4-6-10)18(26)16(15)17(23-19(24)27)11-7-13(21)14(22)8-12(11)20/h7-8,10,17H,2-6,9H2,1H3,(H,23,27). The molecule has 1 aromatic carbocycles. The molecule has 3 aliphatic rings. The lowest BCUT2D eigenvalue weighted by atomic mass is 9.93. The van der Waals surface area contributed by atoms with Crippen LogP contribution in [0.1, 0.15) is 43.7 Å². The monoisotopic (exact) mass is 379 g/mol. The number of halogens is 3. The summed E-state index contributed by atoms with van der Waals surface area (Å²) in [5.41, 5.74) is 0.470. The predicted octanol–water partition coefficient (Wildman–Crippen LogP) is 3.23. The van der Waals surface area contributed by atoms with Crippen molar-refractivity contribution in [2.45, 2.75) is 44.2 Å². The molecule has 1 saturated carbocycles. The zero-order valence-electron chi connectivity index (χ0n) is 14.9. The third kappa shape index (κ3) is 2.87. The number of amides is 3. The van der Waals surface area contributed by atoms with Crippen molar-refractivity contribution in [1.29, 1.82) is 0 Å². The third-order valence-electron chi connectivity index (χ3n) is 5.75. The normalized spacial score (nSPS) is 23.8. The molecule has 1 N–H and O–H groups in total. The van der Waals surface area contributed by atoms with Crippen molar-refractivity contribution >= 4 is 11.9 Å². The van der Waals surface area contributed by atoms with Gasteiger partial charge in [-0.3, -0.25) is 9.69 Å². The molecule has 2 aliphatic heterocycles. The number of likely N-dealkylation sites (N-methyl/N-ethyl adjacent to an activating group) is 1. The van der Waals surface area contributed by atoms with Crippen LogP contribution in [-0.2, 0) is 4.79 Å². The van der Waals surface area contributed by atoms with Crippen LogP contribution in [0.4, 0.5) is 18.0 Å². The van der Waals surface area contributed by atoms with E-state index in [9.17, 15) is 22.8 Å². The van der Waals surface area contributed by atoms with Crippen LogP contribution in [0, 0.1) is 17.5 Å². The number of rotatable bonds is 2. The second-order valence-electron chi connectivity index (χ2n) is 7.31. The molecule has 1 aliphatic carbocycles. The fraction of sp³-hybridized carbons (Fsp3) is 0.474. The number of hydrogen-bond acceptors (Lipinski definition) is 2. The smallest absolute Gasteiger partial charge is 0.322 e. The van der Waals surface area contributed by atoms with Crippen molar-refractivity contribution in [3.63, 3.8) is 0 Å². The molecule has 4 rings (SSSR count). The van der Waals surface area contributed by atoms with E-state index in [1.54, 1.807) is 11.9 Å². The molecular weight excluding hydrogens is 359 g/mol. The van der Waals surface area contributed by atoms with E-state index in [2.05, 4.69) is 5.32 Å². The molecule has 1 unspecified atom stereocenters. The van der Waals surface area contributed by atoms with Crippen LogP contribution >= 0.6 is 0 Å². The number of hydrogen-bond donors (Lipinski definition) is 1. The summed E-state index contributed by atoms with van der Waals surface area (Å²) >= 11 is 0. The Labute approximate surface area is 154 Å². The van der Waals surface area contributed by atoms with Crippen molar-refractivity contribution in [2.24, 2.45) is 0 Å². The SMILES string of the molecule is CN1C(=O)NC(c2cc(F)c(F)cc2F)C2=C1CN(C1CCCCC1)C2=O. The minimum atomic E-state index is -1.31. The predicted molar refractivity (Wildman–Crippen MR) is 91.0 cm³/mol. The Balaban J connectivity index is 1.74. The first-order chi connectivity index (χ1) is 12.9. The van der Waals surface area contributed by atoms with Gasteiger partial charge in [0.25, 0.3) is 5.91 Å². The van der Waals surface area contributed by atoms with Crippen LogP contribution in [0.3, 0.4) is 0 Å². The molecular formula is C19H20F3N3O2. The minimum Gasteiger partial charge on any atom is -0.330 e. The maximum Gasteiger partial charge on any atom is 0.322 e. The van der Waals surface area contributed by atoms with Crippen molar-refractivity contribution < 1.29 is 22.8 Å². The first-order valence-corrected chi connectivity index (χ1v) is 9.11. The van der Waals surface area contributed by atoms with Crippen LogP contribution in [0.5, 0.6) is 0 Å². The van der Waals surface area contributed by atoms with Crippen LogP contribution in [-0.4, -0.2) is 41.4 Å². The maximum atomic E-state index is 14.4. The number of nitrogens with one attached hydrogen (secondary N) is 1. The zero-order valence-corrected chi connectivity index (χ0v) is 14.9. The zero-order chi connectivity index (χ0) is 19.3. The van der Waals surface area contributed by atoms with Gasteiger partial charge >= 0.3 is 6.03 Å². The molecule has 0 spiro atoms. The summed E-state index contributed by atoms with van der Waals surface area (Å²) in [5, 5.41) is 2.55. The summed E-state index contributed by atoms with van der Waals surface area (Å²) in [6, 6.07) is -0.424. The maximum absolute atomic E-state index is 14.4. The molecule has 144 valence electrons. The number of urea groups is 1. The van der Waals surface area contributed by atoms with Gasteiger partial charge in [-0.05, 0) is 18.9 Å². The highest BCUT2D eigenvalue weighted by Gasteiger charge is 2.45. The topological polar surface area (TPSA) is 52.7 Å². The van der Waals surface area contributed by atoms with Gasteiger partial charge < -0.3 is 10.2 Å². The van der Waals surface area contributed by atoms with Crippen molar-refractivity contribution in [2.75, 3.05) is 13.6 Å². The highest BCUT2D eigenvalue weighted by molar-refractivity contribution is 6.01. The molecule has 8 heteroatoms. The van der Waals surface area contributed by atoms with E-state index >= 15 is 0 Å². The lowest BCUT2D eigenvalue weighted by molar-refractivity contribution is -0.128. The quantitative estimate of drug-likeness (QED) is 0.803. The molecule has 3 amide bonds. The van der Waals surface area contributed by atoms with Gasteiger partial charge in [0, 0.05) is 24.7 Å². The van der Waals surface area contributed by atoms with Crippen molar-refractivity contribution in [3.05, 3.63) is 46.4 Å². The van der Waals surface area contributed by atoms with E-state index in [-0.39, 0.29) is 29.6 Å². The Morgan fingerprint density at radius 1 is 1.00 bits per heavy atom. The van der Waals surface area contributed by atoms with E-state index in [0.29, 0.717) is 17.8 Å². The second-order valence-corrected chi connectivity index (χ2v) is 7.31. The van der Waals surface area contributed by atoms with Gasteiger partial charge in [-0.15, -0.1) is 0 Å². The van der Waals surface area contributed by atoms with E-state index in [1.165, 1.54) is 4.90 Å². The number of nitrogens with zero attached hydrogens (tertiary/aromatic N) is 2. The summed E-state index contributed by atoms with van der Waals surface area (Å²) in [5.74, 6) is -3.82. The van der Waals surface area contributed by atoms with Gasteiger partial charge in [-0.2, -0.15) is 0 Å². The van der Waals surface area contributed by atoms with Gasteiger partial charge in [0.05, 0.1) is 23.9 Å². The molecule has 27 heavy (non-hydrogen) atoms. The van der Waals surface area contributed by atoms with E-state index in [0.717, 1.165) is 32.1 Å². The average Bonchev–Trinajstić information content (AvgIpc) is 3.00. The second kappa shape index (κ2) is 6.58. The molecule has 1 aromatic rings. The van der Waals surface area contributed by atoms with E-state index < -0.39 is 29.5 Å². The van der Waals surface area contributed by atoms with Gasteiger partial charge in [-0.25, -0.2) is 18.0 Å². The molecule has 0 saturated heterocycles. The molecule has 0 aromatic heterocycles. The van der Waals surface area contributed by atoms with E-state index in [1.807, 2.05) is 0 Å². The highest BCUT2D eigenvalue weighted by Crippen LogP contribution is 2.39. The summed E-state index contributed by atoms with van der Waals surface area (Å²) in [7, 11) is 1.54. The van der Waals surface area contributed by atoms with Crippen LogP contribution < -0.4 is 5.32 Å². The Hall–Kier alpha value is -2.51. The fourth-order valence-corrected chi connectivity index (χ4v) is 4.27. The molecule has 0 radical (unpaired) electrons. The van der Waals surface area contributed by atoms with Gasteiger partial charge in [0.2, 0.25) is 0 Å². The molecule has 1 fully saturated rings. The van der Waals surface area contributed by atoms with Crippen LogP contribution in [0.25, 0.3) is 0 Å². The Morgan fingerprint density at radius 2 is 1.67 bits per heavy atom. The number of benzene rings is 1. The molecule has 2 heterocycles. The number of carbonyl (C=O) groups excluding carboxylic acids is 2. The van der Waals surface area contributed by atoms with Crippen LogP contribution in [0.15, 0.2) is 23.4 Å². The summed E-state index contributed by atoms with van der Waals surface area (Å²) in [6.45, 7) is 0.268. The highest BCUT2D eigenvalue weighted by atomic mass is 19.2. The van der Waals surface area contributed by atoms with E-state index in [4.69, 9.17) is 0 Å². The Kier molecular flexibility index (Phi) is 4.36. The average molecular weight is 379 g/mol. The first kappa shape index (κ1) is 17.9. The van der Waals surface area contributed by atoms with Crippen LogP contribution in [0.2, 0.25) is 0 Å². The van der Waals surface area contributed by atoms with Gasteiger partial charge in [0.15, 0.2) is 11.6 Å². The largest absolute Gasteiger partial charge is 0.330 e. The Bertz CT molecular complexity index is 849. The van der Waals surface area contributed by atoms with Gasteiger partial charge in [0.1, 0.15) is 5.82 Å². The number of carbonyl (C=O) groups is 2. The fourth-order valence-electron chi connectivity index (χ4n) is 4.27. The summed E-state index contributed by atoms with van der Waals surface area (Å²) in [6.07, 6.45) is 4.98.